The maximum Gasteiger partial charge on any atom is 0.416 e. The first-order valence-electron chi connectivity index (χ1n) is 10.2. The average molecular weight is 451 g/mol. The molecule has 0 fully saturated rings. The topological polar surface area (TPSA) is 47.6 Å². The number of hydrogen-bond donors (Lipinski definition) is 1. The normalized spacial score (nSPS) is 14.3. The number of esters is 1. The number of nitrogens with one attached hydrogen (secondary N) is 1. The molecule has 0 saturated carbocycles. The molecule has 0 radical (unpaired) electrons. The molecule has 0 aliphatic carbocycles. The minimum absolute atomic E-state index is 0.369. The van der Waals surface area contributed by atoms with Crippen molar-refractivity contribution in [1.29, 1.82) is 0 Å². The van der Waals surface area contributed by atoms with E-state index in [9.17, 15) is 18.0 Å². The molecule has 0 amide bonds. The molecule has 1 N–H and O–H groups in total. The molecule has 0 bridgehead atoms. The molecule has 168 valence electrons. The molecule has 3 aromatic rings. The zero-order valence-electron chi connectivity index (χ0n) is 17.9. The van der Waals surface area contributed by atoms with Gasteiger partial charge in [-0.15, -0.1) is 0 Å². The van der Waals surface area contributed by atoms with Crippen LogP contribution < -0.4 is 10.1 Å². The van der Waals surface area contributed by atoms with Crippen LogP contribution in [0.5, 0.6) is 5.75 Å². The summed E-state index contributed by atoms with van der Waals surface area (Å²) >= 11 is 0. The number of cyclic esters (lactones) is 1. The van der Waals surface area contributed by atoms with Crippen molar-refractivity contribution in [1.82, 2.24) is 0 Å². The number of ether oxygens (including phenoxy) is 2. The fourth-order valence-electron chi connectivity index (χ4n) is 3.25. The van der Waals surface area contributed by atoms with Gasteiger partial charge in [0.15, 0.2) is 0 Å². The molecule has 1 heterocycles. The molecule has 0 spiro atoms. The third kappa shape index (κ3) is 5.47. The van der Waals surface area contributed by atoms with Crippen LogP contribution in [0.3, 0.4) is 0 Å². The predicted octanol–water partition coefficient (Wildman–Crippen LogP) is 6.00. The number of alkyl halides is 3. The summed E-state index contributed by atoms with van der Waals surface area (Å²) in [6.07, 6.45) is -4.36. The molecule has 0 unspecified atom stereocenters. The second kappa shape index (κ2) is 8.55. The summed E-state index contributed by atoms with van der Waals surface area (Å²) in [5.74, 6) is 4.88. The first kappa shape index (κ1) is 22.3. The Bertz CT molecular complexity index is 1240. The molecule has 0 atom stereocenters. The summed E-state index contributed by atoms with van der Waals surface area (Å²) < 4.78 is 48.8. The number of carbonyl (C=O) groups excluding carboxylic acids is 1. The summed E-state index contributed by atoms with van der Waals surface area (Å²) in [5, 5.41) is 3.26. The van der Waals surface area contributed by atoms with Crippen molar-refractivity contribution >= 4 is 11.7 Å². The number of fused-ring (bicyclic) bond motifs is 1. The zero-order valence-corrected chi connectivity index (χ0v) is 17.9. The third-order valence-electron chi connectivity index (χ3n) is 4.91. The van der Waals surface area contributed by atoms with E-state index in [1.54, 1.807) is 26.0 Å². The molecule has 7 heteroatoms. The van der Waals surface area contributed by atoms with Gasteiger partial charge in [0.05, 0.1) is 5.56 Å². The van der Waals surface area contributed by atoms with E-state index in [1.165, 1.54) is 12.1 Å². The Morgan fingerprint density at radius 2 is 1.48 bits per heavy atom. The van der Waals surface area contributed by atoms with Gasteiger partial charge in [-0.25, -0.2) is 4.79 Å². The highest BCUT2D eigenvalue weighted by atomic mass is 19.4. The summed E-state index contributed by atoms with van der Waals surface area (Å²) in [4.78, 5) is 12.2. The largest absolute Gasteiger partial charge is 0.452 e. The second-order valence-corrected chi connectivity index (χ2v) is 7.98. The van der Waals surface area contributed by atoms with Gasteiger partial charge in [0.1, 0.15) is 11.3 Å². The van der Waals surface area contributed by atoms with Crippen LogP contribution in [0.4, 0.5) is 18.9 Å². The number of halogens is 3. The molecular formula is C26H20F3NO3. The number of carbonyl (C=O) groups is 1. The lowest BCUT2D eigenvalue weighted by atomic mass is 10.1. The van der Waals surface area contributed by atoms with Crippen molar-refractivity contribution in [2.75, 3.05) is 5.32 Å². The minimum Gasteiger partial charge on any atom is -0.452 e. The van der Waals surface area contributed by atoms with E-state index in [4.69, 9.17) is 9.47 Å². The van der Waals surface area contributed by atoms with Crippen LogP contribution >= 0.6 is 0 Å². The Morgan fingerprint density at radius 3 is 2.09 bits per heavy atom. The standard InChI is InChI=1S/C26H20F3NO3/c1-25(2)32-23-14-13-21(15-22(23)24(31)33-25)30-16-19-7-5-17(6-8-19)3-4-18-9-11-20(12-10-18)26(27,28)29/h5-15,30H,16H2,1-2H3. The second-order valence-electron chi connectivity index (χ2n) is 7.98. The van der Waals surface area contributed by atoms with Gasteiger partial charge in [-0.05, 0) is 60.2 Å². The van der Waals surface area contributed by atoms with Gasteiger partial charge in [-0.2, -0.15) is 13.2 Å². The molecule has 33 heavy (non-hydrogen) atoms. The lowest BCUT2D eigenvalue weighted by Gasteiger charge is -2.31. The number of benzene rings is 3. The smallest absolute Gasteiger partial charge is 0.416 e. The Kier molecular flexibility index (Phi) is 5.77. The first-order chi connectivity index (χ1) is 15.6. The predicted molar refractivity (Wildman–Crippen MR) is 118 cm³/mol. The van der Waals surface area contributed by atoms with Crippen LogP contribution in [0.1, 0.15) is 46.5 Å². The monoisotopic (exact) mass is 451 g/mol. The van der Waals surface area contributed by atoms with E-state index in [0.717, 1.165) is 28.9 Å². The number of rotatable bonds is 3. The van der Waals surface area contributed by atoms with Crippen molar-refractivity contribution in [3.8, 4) is 17.6 Å². The van der Waals surface area contributed by atoms with Crippen LogP contribution in [0.2, 0.25) is 0 Å². The molecule has 1 aliphatic rings. The van der Waals surface area contributed by atoms with Gasteiger partial charge in [-0.1, -0.05) is 24.0 Å². The van der Waals surface area contributed by atoms with Crippen molar-refractivity contribution in [2.24, 2.45) is 0 Å². The van der Waals surface area contributed by atoms with E-state index in [0.29, 0.717) is 23.4 Å². The van der Waals surface area contributed by atoms with Crippen LogP contribution in [0.15, 0.2) is 66.7 Å². The maximum atomic E-state index is 12.6. The number of hydrogen-bond acceptors (Lipinski definition) is 4. The van der Waals surface area contributed by atoms with E-state index in [-0.39, 0.29) is 0 Å². The average Bonchev–Trinajstić information content (AvgIpc) is 2.76. The van der Waals surface area contributed by atoms with E-state index in [2.05, 4.69) is 17.2 Å². The highest BCUT2D eigenvalue weighted by Crippen LogP contribution is 2.33. The van der Waals surface area contributed by atoms with Crippen LogP contribution in [0.25, 0.3) is 0 Å². The Hall–Kier alpha value is -3.92. The van der Waals surface area contributed by atoms with Gasteiger partial charge in [0.25, 0.3) is 0 Å². The van der Waals surface area contributed by atoms with Crippen molar-refractivity contribution in [3.05, 3.63) is 94.5 Å². The Balaban J connectivity index is 1.38. The van der Waals surface area contributed by atoms with E-state index in [1.807, 2.05) is 30.3 Å². The fraction of sp³-hybridized carbons (Fsp3) is 0.192. The van der Waals surface area contributed by atoms with Gasteiger partial charge < -0.3 is 14.8 Å². The summed E-state index contributed by atoms with van der Waals surface area (Å²) in [6, 6.07) is 17.5. The summed E-state index contributed by atoms with van der Waals surface area (Å²) in [5.41, 5.74) is 2.67. The molecule has 3 aromatic carbocycles. The SMILES string of the molecule is CC1(C)OC(=O)c2cc(NCc3ccc(C#Cc4ccc(C(F)(F)F)cc4)cc3)ccc2O1. The van der Waals surface area contributed by atoms with E-state index < -0.39 is 23.5 Å². The minimum atomic E-state index is -4.36. The fourth-order valence-corrected chi connectivity index (χ4v) is 3.25. The van der Waals surface area contributed by atoms with Crippen LogP contribution in [0, 0.1) is 11.8 Å². The van der Waals surface area contributed by atoms with Crippen molar-refractivity contribution in [3.63, 3.8) is 0 Å². The summed E-state index contributed by atoms with van der Waals surface area (Å²) in [7, 11) is 0. The summed E-state index contributed by atoms with van der Waals surface area (Å²) in [6.45, 7) is 3.88. The molecule has 0 aromatic heterocycles. The highest BCUT2D eigenvalue weighted by molar-refractivity contribution is 5.94. The lowest BCUT2D eigenvalue weighted by molar-refractivity contribution is -0.137. The molecule has 1 aliphatic heterocycles. The lowest BCUT2D eigenvalue weighted by Crippen LogP contribution is -2.38. The third-order valence-corrected chi connectivity index (χ3v) is 4.91. The Morgan fingerprint density at radius 1 is 0.879 bits per heavy atom. The number of anilines is 1. The van der Waals surface area contributed by atoms with Gasteiger partial charge in [-0.3, -0.25) is 0 Å². The van der Waals surface area contributed by atoms with E-state index >= 15 is 0 Å². The molecule has 4 rings (SSSR count). The highest BCUT2D eigenvalue weighted by Gasteiger charge is 2.34. The van der Waals surface area contributed by atoms with Crippen LogP contribution in [-0.2, 0) is 17.5 Å². The molecular weight excluding hydrogens is 431 g/mol. The first-order valence-corrected chi connectivity index (χ1v) is 10.2. The Labute approximate surface area is 189 Å². The maximum absolute atomic E-state index is 12.6. The quantitative estimate of drug-likeness (QED) is 0.392. The van der Waals surface area contributed by atoms with Crippen LogP contribution in [-0.4, -0.2) is 11.8 Å². The van der Waals surface area contributed by atoms with Gasteiger partial charge >= 0.3 is 12.1 Å². The zero-order chi connectivity index (χ0) is 23.6. The molecule has 0 saturated heterocycles. The van der Waals surface area contributed by atoms with Gasteiger partial charge in [0.2, 0.25) is 5.79 Å². The molecule has 4 nitrogen and oxygen atoms in total. The van der Waals surface area contributed by atoms with Crippen molar-refractivity contribution < 1.29 is 27.4 Å². The van der Waals surface area contributed by atoms with Gasteiger partial charge in [0, 0.05) is 37.2 Å². The van der Waals surface area contributed by atoms with Crippen molar-refractivity contribution in [2.45, 2.75) is 32.4 Å².